The van der Waals surface area contributed by atoms with Gasteiger partial charge < -0.3 is 19.3 Å². The number of fused-ring (bicyclic) bond motifs is 1. The molecule has 1 aliphatic rings. The molecule has 1 aliphatic carbocycles. The van der Waals surface area contributed by atoms with Crippen LogP contribution in [0.25, 0.3) is 10.1 Å². The van der Waals surface area contributed by atoms with Gasteiger partial charge in [-0.25, -0.2) is 4.79 Å². The Morgan fingerprint density at radius 3 is 2.41 bits per heavy atom. The number of methoxy groups -OCH3 is 1. The Bertz CT molecular complexity index is 1020. The Morgan fingerprint density at radius 2 is 1.76 bits per heavy atom. The monoisotopic (exact) mass is 412 g/mol. The lowest BCUT2D eigenvalue weighted by atomic mass is 9.98. The van der Waals surface area contributed by atoms with Crippen LogP contribution in [0.4, 0.5) is 0 Å². The molecule has 0 aliphatic heterocycles. The van der Waals surface area contributed by atoms with E-state index in [1.807, 2.05) is 43.3 Å². The lowest BCUT2D eigenvalue weighted by Gasteiger charge is -2.23. The summed E-state index contributed by atoms with van der Waals surface area (Å²) in [5.74, 6) is 1.43. The summed E-state index contributed by atoms with van der Waals surface area (Å²) < 4.78 is 18.3. The molecule has 0 saturated heterocycles. The van der Waals surface area contributed by atoms with E-state index in [2.05, 4.69) is 0 Å². The van der Waals surface area contributed by atoms with E-state index in [1.165, 1.54) is 30.6 Å². The lowest BCUT2D eigenvalue weighted by molar-refractivity contribution is 0.0700. The highest BCUT2D eigenvalue weighted by Crippen LogP contribution is 2.43. The summed E-state index contributed by atoms with van der Waals surface area (Å²) in [6.45, 7) is 1.93. The van der Waals surface area contributed by atoms with E-state index in [0.29, 0.717) is 17.2 Å². The summed E-state index contributed by atoms with van der Waals surface area (Å²) in [6, 6.07) is 11.2. The fourth-order valence-electron chi connectivity index (χ4n) is 3.74. The molecule has 2 aromatic carbocycles. The predicted octanol–water partition coefficient (Wildman–Crippen LogP) is 6.42. The van der Waals surface area contributed by atoms with Crippen LogP contribution in [0.2, 0.25) is 0 Å². The number of carboxylic acid groups (broad SMARTS) is 1. The summed E-state index contributed by atoms with van der Waals surface area (Å²) in [6.07, 6.45) is 6.21. The summed E-state index contributed by atoms with van der Waals surface area (Å²) in [5.41, 5.74) is 0.953. The van der Waals surface area contributed by atoms with Gasteiger partial charge in [0.15, 0.2) is 10.6 Å². The van der Waals surface area contributed by atoms with Gasteiger partial charge in [-0.1, -0.05) is 6.42 Å². The van der Waals surface area contributed by atoms with Gasteiger partial charge >= 0.3 is 5.97 Å². The molecule has 0 atom stereocenters. The predicted molar refractivity (Wildman–Crippen MR) is 114 cm³/mol. The number of hydrogen-bond donors (Lipinski definition) is 1. The van der Waals surface area contributed by atoms with E-state index in [-0.39, 0.29) is 11.0 Å². The maximum Gasteiger partial charge on any atom is 0.349 e. The number of hydrogen-bond acceptors (Lipinski definition) is 5. The Kier molecular flexibility index (Phi) is 5.62. The van der Waals surface area contributed by atoms with Crippen LogP contribution in [0.3, 0.4) is 0 Å². The number of thiophene rings is 1. The van der Waals surface area contributed by atoms with E-state index >= 15 is 0 Å². The zero-order valence-electron chi connectivity index (χ0n) is 16.6. The first-order chi connectivity index (χ1) is 14.0. The van der Waals surface area contributed by atoms with Crippen molar-refractivity contribution >= 4 is 27.4 Å². The molecule has 0 amide bonds. The SMILES string of the molecule is COc1cc2c(Oc3ccc(OC4CCCCC4)cc3)c(C(=O)O)sc2cc1C. The fourth-order valence-corrected chi connectivity index (χ4v) is 4.79. The number of ether oxygens (including phenoxy) is 3. The minimum atomic E-state index is -1.00. The fraction of sp³-hybridized carbons (Fsp3) is 0.348. The third kappa shape index (κ3) is 4.17. The highest BCUT2D eigenvalue weighted by Gasteiger charge is 2.22. The number of benzene rings is 2. The second-order valence-electron chi connectivity index (χ2n) is 7.33. The number of rotatable bonds is 6. The van der Waals surface area contributed by atoms with Crippen molar-refractivity contribution in [1.82, 2.24) is 0 Å². The summed E-state index contributed by atoms with van der Waals surface area (Å²) >= 11 is 1.21. The topological polar surface area (TPSA) is 65.0 Å². The van der Waals surface area contributed by atoms with Crippen molar-refractivity contribution in [2.75, 3.05) is 7.11 Å². The van der Waals surface area contributed by atoms with Gasteiger partial charge in [-0.3, -0.25) is 0 Å². The molecule has 0 unspecified atom stereocenters. The highest BCUT2D eigenvalue weighted by molar-refractivity contribution is 7.21. The minimum absolute atomic E-state index is 0.176. The zero-order chi connectivity index (χ0) is 20.4. The Morgan fingerprint density at radius 1 is 1.07 bits per heavy atom. The van der Waals surface area contributed by atoms with E-state index in [1.54, 1.807) is 7.11 Å². The van der Waals surface area contributed by atoms with Crippen LogP contribution in [0.1, 0.15) is 47.3 Å². The van der Waals surface area contributed by atoms with Gasteiger partial charge in [0.2, 0.25) is 0 Å². The van der Waals surface area contributed by atoms with Gasteiger partial charge in [-0.05, 0) is 74.6 Å². The summed E-state index contributed by atoms with van der Waals surface area (Å²) in [4.78, 5) is 12.0. The third-order valence-electron chi connectivity index (χ3n) is 5.25. The zero-order valence-corrected chi connectivity index (χ0v) is 17.4. The van der Waals surface area contributed by atoms with Crippen LogP contribution >= 0.6 is 11.3 Å². The van der Waals surface area contributed by atoms with Crippen molar-refractivity contribution in [3.8, 4) is 23.0 Å². The summed E-state index contributed by atoms with van der Waals surface area (Å²) in [7, 11) is 1.60. The molecule has 5 nitrogen and oxygen atoms in total. The maximum atomic E-state index is 11.8. The molecule has 152 valence electrons. The first-order valence-electron chi connectivity index (χ1n) is 9.84. The first kappa shape index (κ1) is 19.6. The van der Waals surface area contributed by atoms with Crippen LogP contribution < -0.4 is 14.2 Å². The van der Waals surface area contributed by atoms with Crippen LogP contribution in [-0.4, -0.2) is 24.3 Å². The van der Waals surface area contributed by atoms with Gasteiger partial charge in [0.05, 0.1) is 13.2 Å². The molecule has 0 bridgehead atoms. The Balaban J connectivity index is 1.61. The number of carboxylic acids is 1. The standard InChI is InChI=1S/C23H24O5S/c1-14-12-20-18(13-19(14)26-2)21(22(29-20)23(24)25)28-17-10-8-16(9-11-17)27-15-6-4-3-5-7-15/h8-13,15H,3-7H2,1-2H3,(H,24,25). The van der Waals surface area contributed by atoms with E-state index in [0.717, 1.165) is 34.2 Å². The van der Waals surface area contributed by atoms with Crippen molar-refractivity contribution in [3.63, 3.8) is 0 Å². The minimum Gasteiger partial charge on any atom is -0.496 e. The van der Waals surface area contributed by atoms with Crippen LogP contribution in [0.15, 0.2) is 36.4 Å². The molecule has 1 N–H and O–H groups in total. The van der Waals surface area contributed by atoms with E-state index < -0.39 is 5.97 Å². The van der Waals surface area contributed by atoms with Gasteiger partial charge in [0.25, 0.3) is 0 Å². The molecule has 0 radical (unpaired) electrons. The van der Waals surface area contributed by atoms with Gasteiger partial charge in [0, 0.05) is 10.1 Å². The smallest absolute Gasteiger partial charge is 0.349 e. The second kappa shape index (κ2) is 8.33. The van der Waals surface area contributed by atoms with Crippen LogP contribution in [-0.2, 0) is 0 Å². The van der Waals surface area contributed by atoms with Gasteiger partial charge in [0.1, 0.15) is 17.2 Å². The molecular formula is C23H24O5S. The molecule has 4 rings (SSSR count). The van der Waals surface area contributed by atoms with Crippen molar-refractivity contribution in [2.45, 2.75) is 45.1 Å². The molecule has 1 saturated carbocycles. The van der Waals surface area contributed by atoms with Gasteiger partial charge in [-0.15, -0.1) is 11.3 Å². The number of aromatic carboxylic acids is 1. The molecule has 1 heterocycles. The number of aryl methyl sites for hydroxylation is 1. The average molecular weight is 413 g/mol. The van der Waals surface area contributed by atoms with E-state index in [9.17, 15) is 9.90 Å². The lowest BCUT2D eigenvalue weighted by Crippen LogP contribution is -2.19. The maximum absolute atomic E-state index is 11.8. The number of carbonyl (C=O) groups is 1. The van der Waals surface area contributed by atoms with Crippen molar-refractivity contribution in [2.24, 2.45) is 0 Å². The molecule has 1 fully saturated rings. The van der Waals surface area contributed by atoms with Crippen molar-refractivity contribution in [1.29, 1.82) is 0 Å². The average Bonchev–Trinajstić information content (AvgIpc) is 3.07. The second-order valence-corrected chi connectivity index (χ2v) is 8.39. The molecular weight excluding hydrogens is 388 g/mol. The Labute approximate surface area is 173 Å². The first-order valence-corrected chi connectivity index (χ1v) is 10.7. The molecule has 6 heteroatoms. The third-order valence-corrected chi connectivity index (χ3v) is 6.37. The van der Waals surface area contributed by atoms with E-state index in [4.69, 9.17) is 14.2 Å². The molecule has 3 aromatic rings. The van der Waals surface area contributed by atoms with Crippen molar-refractivity contribution in [3.05, 3.63) is 46.8 Å². The summed E-state index contributed by atoms with van der Waals surface area (Å²) in [5, 5.41) is 10.4. The molecule has 0 spiro atoms. The van der Waals surface area contributed by atoms with Crippen LogP contribution in [0, 0.1) is 6.92 Å². The molecule has 29 heavy (non-hydrogen) atoms. The van der Waals surface area contributed by atoms with Crippen molar-refractivity contribution < 1.29 is 24.1 Å². The highest BCUT2D eigenvalue weighted by atomic mass is 32.1. The normalized spacial score (nSPS) is 14.7. The molecule has 1 aromatic heterocycles. The Hall–Kier alpha value is -2.73. The largest absolute Gasteiger partial charge is 0.496 e. The quantitative estimate of drug-likeness (QED) is 0.506. The van der Waals surface area contributed by atoms with Crippen LogP contribution in [0.5, 0.6) is 23.0 Å². The van der Waals surface area contributed by atoms with Gasteiger partial charge in [-0.2, -0.15) is 0 Å².